The van der Waals surface area contributed by atoms with Crippen LogP contribution in [-0.4, -0.2) is 12.2 Å². The van der Waals surface area contributed by atoms with Crippen molar-refractivity contribution in [3.05, 3.63) is 0 Å². The summed E-state index contributed by atoms with van der Waals surface area (Å²) in [5.41, 5.74) is 0. The van der Waals surface area contributed by atoms with E-state index in [1.807, 2.05) is 0 Å². The Hall–Kier alpha value is -0.470. The van der Waals surface area contributed by atoms with Crippen molar-refractivity contribution in [2.24, 2.45) is 0 Å². The smallest absolute Gasteiger partial charge is 0.293 e. The van der Waals surface area contributed by atoms with Gasteiger partial charge in [-0.2, -0.15) is 0 Å². The van der Waals surface area contributed by atoms with Crippen molar-refractivity contribution < 1.29 is 13.6 Å². The molecule has 0 saturated carbocycles. The monoisotopic (exact) mass is 178 g/mol. The van der Waals surface area contributed by atoms with Crippen LogP contribution >= 0.6 is 0 Å². The number of alkyl halides is 2. The summed E-state index contributed by atoms with van der Waals surface area (Å²) in [6.07, 6.45) is 2.09. The first kappa shape index (κ1) is 11.5. The van der Waals surface area contributed by atoms with E-state index in [9.17, 15) is 13.6 Å². The number of hydrogen-bond acceptors (Lipinski definition) is 1. The fourth-order valence-corrected chi connectivity index (χ4v) is 1.01. The maximum absolute atomic E-state index is 11.7. The molecule has 0 aliphatic carbocycles. The van der Waals surface area contributed by atoms with Gasteiger partial charge in [0.1, 0.15) is 0 Å². The van der Waals surface area contributed by atoms with E-state index in [-0.39, 0.29) is 6.42 Å². The van der Waals surface area contributed by atoms with E-state index >= 15 is 0 Å². The van der Waals surface area contributed by atoms with Crippen molar-refractivity contribution in [3.8, 4) is 0 Å². The molecule has 72 valence electrons. The second-order valence-corrected chi connectivity index (χ2v) is 2.93. The predicted octanol–water partition coefficient (Wildman–Crippen LogP) is 3.18. The first-order chi connectivity index (χ1) is 5.68. The fourth-order valence-electron chi connectivity index (χ4n) is 1.01. The van der Waals surface area contributed by atoms with Crippen molar-refractivity contribution in [2.75, 3.05) is 0 Å². The van der Waals surface area contributed by atoms with E-state index in [0.29, 0.717) is 6.42 Å². The van der Waals surface area contributed by atoms with Crippen LogP contribution < -0.4 is 0 Å². The number of unbranched alkanes of at least 4 members (excludes halogenated alkanes) is 4. The lowest BCUT2D eigenvalue weighted by Gasteiger charge is -1.99. The highest BCUT2D eigenvalue weighted by atomic mass is 19.3. The van der Waals surface area contributed by atoms with E-state index in [1.165, 1.54) is 0 Å². The van der Waals surface area contributed by atoms with Crippen LogP contribution in [-0.2, 0) is 4.79 Å². The molecular formula is C9H16F2O. The molecule has 1 nitrogen and oxygen atoms in total. The van der Waals surface area contributed by atoms with Gasteiger partial charge < -0.3 is 0 Å². The van der Waals surface area contributed by atoms with Gasteiger partial charge in [0.2, 0.25) is 0 Å². The molecule has 0 rings (SSSR count). The van der Waals surface area contributed by atoms with Gasteiger partial charge in [-0.25, -0.2) is 8.78 Å². The number of hydrogen-bond donors (Lipinski definition) is 0. The summed E-state index contributed by atoms with van der Waals surface area (Å²) in [5.74, 6) is -0.911. The summed E-state index contributed by atoms with van der Waals surface area (Å²) in [6, 6.07) is 0. The molecule has 0 aliphatic rings. The van der Waals surface area contributed by atoms with Gasteiger partial charge in [-0.15, -0.1) is 0 Å². The minimum absolute atomic E-state index is 0.0430. The van der Waals surface area contributed by atoms with Crippen molar-refractivity contribution in [1.29, 1.82) is 0 Å². The third-order valence-electron chi connectivity index (χ3n) is 1.77. The number of ketones is 1. The molecule has 0 radical (unpaired) electrons. The molecule has 0 bridgehead atoms. The molecule has 0 saturated heterocycles. The van der Waals surface area contributed by atoms with Crippen LogP contribution in [0.3, 0.4) is 0 Å². The highest BCUT2D eigenvalue weighted by molar-refractivity contribution is 5.81. The highest BCUT2D eigenvalue weighted by Crippen LogP contribution is 2.07. The van der Waals surface area contributed by atoms with Gasteiger partial charge in [-0.3, -0.25) is 4.79 Å². The Morgan fingerprint density at radius 3 is 2.25 bits per heavy atom. The predicted molar refractivity (Wildman–Crippen MR) is 44.4 cm³/mol. The number of carbonyl (C=O) groups is 1. The number of Topliss-reactive ketones (excluding diaryl/α,β-unsaturated/α-hetero) is 1. The lowest BCUT2D eigenvalue weighted by Crippen LogP contribution is -2.08. The lowest BCUT2D eigenvalue weighted by molar-refractivity contribution is -0.129. The molecule has 0 amide bonds. The zero-order valence-corrected chi connectivity index (χ0v) is 7.48. The maximum atomic E-state index is 11.7. The minimum Gasteiger partial charge on any atom is -0.293 e. The molecule has 12 heavy (non-hydrogen) atoms. The Morgan fingerprint density at radius 2 is 1.75 bits per heavy atom. The average Bonchev–Trinajstić information content (AvgIpc) is 2.03. The largest absolute Gasteiger partial charge is 0.295 e. The third-order valence-corrected chi connectivity index (χ3v) is 1.77. The molecule has 3 heteroatoms. The second kappa shape index (κ2) is 7.19. The summed E-state index contributed by atoms with van der Waals surface area (Å²) in [6.45, 7) is 2.09. The summed E-state index contributed by atoms with van der Waals surface area (Å²) in [4.78, 5) is 10.4. The Bertz CT molecular complexity index is 124. The van der Waals surface area contributed by atoms with Crippen molar-refractivity contribution in [2.45, 2.75) is 51.9 Å². The van der Waals surface area contributed by atoms with Gasteiger partial charge in [-0.1, -0.05) is 32.6 Å². The Morgan fingerprint density at radius 1 is 1.17 bits per heavy atom. The second-order valence-electron chi connectivity index (χ2n) is 2.93. The zero-order chi connectivity index (χ0) is 9.40. The molecule has 0 aromatic heterocycles. The fraction of sp³-hybridized carbons (Fsp3) is 0.889. The van der Waals surface area contributed by atoms with Crippen molar-refractivity contribution in [1.82, 2.24) is 0 Å². The van der Waals surface area contributed by atoms with Crippen LogP contribution in [0.4, 0.5) is 8.78 Å². The molecule has 0 aromatic carbocycles. The quantitative estimate of drug-likeness (QED) is 0.547. The van der Waals surface area contributed by atoms with Crippen molar-refractivity contribution >= 4 is 5.78 Å². The molecule has 0 atom stereocenters. The molecule has 0 unspecified atom stereocenters. The first-order valence-electron chi connectivity index (χ1n) is 4.49. The van der Waals surface area contributed by atoms with Crippen LogP contribution in [0.25, 0.3) is 0 Å². The van der Waals surface area contributed by atoms with Crippen LogP contribution in [0.1, 0.15) is 45.4 Å². The van der Waals surface area contributed by atoms with E-state index in [2.05, 4.69) is 6.92 Å². The Balaban J connectivity index is 3.14. The van der Waals surface area contributed by atoms with E-state index < -0.39 is 12.2 Å². The number of halogens is 2. The average molecular weight is 178 g/mol. The van der Waals surface area contributed by atoms with Gasteiger partial charge in [0, 0.05) is 6.42 Å². The van der Waals surface area contributed by atoms with E-state index in [0.717, 1.165) is 25.7 Å². The van der Waals surface area contributed by atoms with Gasteiger partial charge in [0.05, 0.1) is 0 Å². The van der Waals surface area contributed by atoms with E-state index in [1.54, 1.807) is 0 Å². The standard InChI is InChI=1S/C9H16F2O/c1-2-3-4-5-6-7-8(12)9(10)11/h9H,2-7H2,1H3. The minimum atomic E-state index is -2.77. The Labute approximate surface area is 72.2 Å². The van der Waals surface area contributed by atoms with Gasteiger partial charge in [0.25, 0.3) is 6.43 Å². The summed E-state index contributed by atoms with van der Waals surface area (Å²) >= 11 is 0. The van der Waals surface area contributed by atoms with Crippen molar-refractivity contribution in [3.63, 3.8) is 0 Å². The topological polar surface area (TPSA) is 17.1 Å². The van der Waals surface area contributed by atoms with Gasteiger partial charge in [-0.05, 0) is 6.42 Å². The van der Waals surface area contributed by atoms with Gasteiger partial charge >= 0.3 is 0 Å². The number of carbonyl (C=O) groups excluding carboxylic acids is 1. The third kappa shape index (κ3) is 6.25. The first-order valence-corrected chi connectivity index (χ1v) is 4.49. The summed E-state index contributed by atoms with van der Waals surface area (Å²) < 4.78 is 23.3. The molecule has 0 spiro atoms. The van der Waals surface area contributed by atoms with Crippen LogP contribution in [0, 0.1) is 0 Å². The molecule has 0 heterocycles. The SMILES string of the molecule is CCCCCCCC(=O)C(F)F. The van der Waals surface area contributed by atoms with E-state index in [4.69, 9.17) is 0 Å². The summed E-state index contributed by atoms with van der Waals surface area (Å²) in [7, 11) is 0. The molecule has 0 aliphatic heterocycles. The van der Waals surface area contributed by atoms with Crippen LogP contribution in [0.15, 0.2) is 0 Å². The molecule has 0 fully saturated rings. The van der Waals surface area contributed by atoms with Crippen LogP contribution in [0.5, 0.6) is 0 Å². The highest BCUT2D eigenvalue weighted by Gasteiger charge is 2.13. The molecule has 0 N–H and O–H groups in total. The zero-order valence-electron chi connectivity index (χ0n) is 7.48. The maximum Gasteiger partial charge on any atom is 0.295 e. The Kier molecular flexibility index (Phi) is 6.91. The molecular weight excluding hydrogens is 162 g/mol. The normalized spacial score (nSPS) is 10.7. The number of rotatable bonds is 7. The lowest BCUT2D eigenvalue weighted by atomic mass is 10.1. The van der Waals surface area contributed by atoms with Crippen LogP contribution in [0.2, 0.25) is 0 Å². The molecule has 0 aromatic rings. The van der Waals surface area contributed by atoms with Gasteiger partial charge in [0.15, 0.2) is 5.78 Å². The summed E-state index contributed by atoms with van der Waals surface area (Å²) in [5, 5.41) is 0.